The largest absolute Gasteiger partial charge is 1.00 e. The van der Waals surface area contributed by atoms with Crippen LogP contribution in [0.4, 0.5) is 4.79 Å². The van der Waals surface area contributed by atoms with E-state index in [4.69, 9.17) is 0 Å². The molecular weight excluding hydrogens is 704 g/mol. The van der Waals surface area contributed by atoms with Crippen LogP contribution in [0.2, 0.25) is 0 Å². The molecule has 2 aromatic rings. The van der Waals surface area contributed by atoms with Crippen LogP contribution >= 0.6 is 34.9 Å². The number of carboxylic acid groups (broad SMARTS) is 1. The van der Waals surface area contributed by atoms with E-state index in [1.54, 1.807) is 6.92 Å². The number of carbonyl (C=O) groups is 7. The number of nitrogens with zero attached hydrogens (tertiary/aromatic N) is 5. The number of piperazine rings is 1. The van der Waals surface area contributed by atoms with Gasteiger partial charge in [0, 0.05) is 31.1 Å². The van der Waals surface area contributed by atoms with Gasteiger partial charge in [0.1, 0.15) is 16.9 Å². The van der Waals surface area contributed by atoms with E-state index < -0.39 is 69.9 Å². The quantitative estimate of drug-likeness (QED) is 0.0276. The summed E-state index contributed by atoms with van der Waals surface area (Å²) >= 11 is 3.48. The number of hydrogen-bond acceptors (Lipinski definition) is 15. The minimum Gasteiger partial charge on any atom is -0.543 e. The second-order valence-electron chi connectivity index (χ2n) is 10.1. The second-order valence-corrected chi connectivity index (χ2v) is 13.2. The van der Waals surface area contributed by atoms with Crippen LogP contribution in [-0.2, 0) is 28.8 Å². The molecule has 5 rings (SSSR count). The number of urea groups is 1. The van der Waals surface area contributed by atoms with Crippen molar-refractivity contribution in [1.82, 2.24) is 40.8 Å². The van der Waals surface area contributed by atoms with Crippen molar-refractivity contribution < 1.29 is 78.4 Å². The number of aromatic nitrogens is 2. The number of hydrogen-bond donors (Lipinski definition) is 5. The van der Waals surface area contributed by atoms with Crippen molar-refractivity contribution in [2.75, 3.05) is 31.1 Å². The Morgan fingerprint density at radius 3 is 2.56 bits per heavy atom. The minimum atomic E-state index is -2.19. The molecule has 1 unspecified atom stereocenters. The predicted octanol–water partition coefficient (Wildman–Crippen LogP) is -5.34. The van der Waals surface area contributed by atoms with Gasteiger partial charge in [0.25, 0.3) is 5.91 Å². The maximum Gasteiger partial charge on any atom is 1.00 e. The summed E-state index contributed by atoms with van der Waals surface area (Å²) in [6.45, 7) is 1.73. The zero-order valence-electron chi connectivity index (χ0n) is 25.2. The van der Waals surface area contributed by atoms with Crippen LogP contribution in [-0.4, -0.2) is 119 Å². The summed E-state index contributed by atoms with van der Waals surface area (Å²) in [5, 5.41) is 45.6. The van der Waals surface area contributed by atoms with Crippen molar-refractivity contribution in [3.05, 3.63) is 40.5 Å². The molecule has 5 N–H and O–H groups in total. The second kappa shape index (κ2) is 15.1. The van der Waals surface area contributed by atoms with Gasteiger partial charge in [-0.05, 0) is 30.2 Å². The van der Waals surface area contributed by atoms with Crippen molar-refractivity contribution in [2.24, 2.45) is 0 Å². The van der Waals surface area contributed by atoms with E-state index in [2.05, 4.69) is 26.1 Å². The molecule has 22 heteroatoms. The molecular formula is C26H25N8NaO10S3. The van der Waals surface area contributed by atoms with E-state index in [-0.39, 0.29) is 72.7 Å². The van der Waals surface area contributed by atoms with Crippen molar-refractivity contribution in [3.8, 4) is 11.5 Å². The topological polar surface area (TPSA) is 255 Å². The third kappa shape index (κ3) is 6.83. The zero-order valence-corrected chi connectivity index (χ0v) is 29.6. The van der Waals surface area contributed by atoms with Crippen LogP contribution in [0.1, 0.15) is 18.5 Å². The summed E-state index contributed by atoms with van der Waals surface area (Å²) in [5.41, 5.74) is -0.913. The number of β-lactam (4-membered cyclic amide) rings is 1. The smallest absolute Gasteiger partial charge is 0.543 e. The molecule has 0 bridgehead atoms. The fourth-order valence-electron chi connectivity index (χ4n) is 5.13. The molecule has 3 aliphatic heterocycles. The molecule has 1 aromatic heterocycles. The number of imide groups is 1. The monoisotopic (exact) mass is 728 g/mol. The Morgan fingerprint density at radius 2 is 1.94 bits per heavy atom. The maximum absolute atomic E-state index is 13.9. The first kappa shape index (κ1) is 36.9. The number of fused-ring (bicyclic) bond motifs is 1. The standard InChI is InChI=1S/C26H26N8O10S3.Na/c1-2-32-5-6-33(20(40)19(32)39)24(44)29-16(12-3-4-14(36)15(37)7-12)18(38)30-26(27-10-35)22(43)34-17(21(41)42)13(8-45-23(26)34)9-46-25-31-28-11-47-25;/h3-4,7,10-11,16,23,36-37H,2,5-6,8-9H2,1H3,(H,27,35)(H,29,44)(H,30,38)(H,41,42);/q;+1/p-1/t16?,23-,26-;/m1./s1. The summed E-state index contributed by atoms with van der Waals surface area (Å²) < 4.78 is 0.563. The third-order valence-corrected chi connectivity index (χ3v) is 10.8. The molecule has 4 heterocycles. The van der Waals surface area contributed by atoms with Crippen molar-refractivity contribution in [3.63, 3.8) is 0 Å². The summed E-state index contributed by atoms with van der Waals surface area (Å²) in [6, 6.07) is 0.223. The van der Waals surface area contributed by atoms with Gasteiger partial charge in [-0.2, -0.15) is 0 Å². The Morgan fingerprint density at radius 1 is 1.19 bits per heavy atom. The number of thioether (sulfide) groups is 2. The number of carboxylic acids is 1. The predicted molar refractivity (Wildman–Crippen MR) is 161 cm³/mol. The molecule has 0 radical (unpaired) electrons. The molecule has 18 nitrogen and oxygen atoms in total. The van der Waals surface area contributed by atoms with Gasteiger partial charge >= 0.3 is 47.4 Å². The number of phenols is 2. The van der Waals surface area contributed by atoms with Gasteiger partial charge < -0.3 is 41.0 Å². The number of aromatic hydroxyl groups is 2. The summed E-state index contributed by atoms with van der Waals surface area (Å²) in [4.78, 5) is 92.5. The number of phenolic OH excluding ortho intramolecular Hbond substituents is 2. The van der Waals surface area contributed by atoms with E-state index in [1.165, 1.54) is 39.6 Å². The molecule has 2 saturated heterocycles. The fraction of sp³-hybridized carbons (Fsp3) is 0.346. The normalized spacial score (nSPS) is 21.1. The van der Waals surface area contributed by atoms with Crippen LogP contribution in [0.25, 0.3) is 0 Å². The molecule has 0 spiro atoms. The van der Waals surface area contributed by atoms with Crippen molar-refractivity contribution >= 4 is 76.9 Å². The zero-order chi connectivity index (χ0) is 34.0. The Hall–Kier alpha value is -3.89. The third-order valence-electron chi connectivity index (χ3n) is 7.46. The van der Waals surface area contributed by atoms with Gasteiger partial charge in [-0.15, -0.1) is 22.0 Å². The molecule has 248 valence electrons. The van der Waals surface area contributed by atoms with Gasteiger partial charge in [-0.25, -0.2) is 4.79 Å². The van der Waals surface area contributed by atoms with E-state index in [1.807, 2.05) is 0 Å². The van der Waals surface area contributed by atoms with E-state index >= 15 is 0 Å². The van der Waals surface area contributed by atoms with Gasteiger partial charge in [0.2, 0.25) is 18.0 Å². The van der Waals surface area contributed by atoms with Gasteiger partial charge in [-0.3, -0.25) is 33.8 Å². The minimum absolute atomic E-state index is 0. The Kier molecular flexibility index (Phi) is 11.6. The number of rotatable bonds is 11. The van der Waals surface area contributed by atoms with Crippen LogP contribution < -0.4 is 50.6 Å². The molecule has 1 aromatic carbocycles. The first-order valence-electron chi connectivity index (χ1n) is 13.7. The van der Waals surface area contributed by atoms with Crippen LogP contribution in [0.3, 0.4) is 0 Å². The Labute approximate surface area is 306 Å². The number of carbonyl (C=O) groups excluding carboxylic acids is 7. The van der Waals surface area contributed by atoms with Crippen molar-refractivity contribution in [1.29, 1.82) is 0 Å². The molecule has 0 saturated carbocycles. The first-order chi connectivity index (χ1) is 22.4. The molecule has 7 amide bonds. The molecule has 3 aliphatic rings. The Balaban J connectivity index is 0.00000520. The summed E-state index contributed by atoms with van der Waals surface area (Å²) in [5.74, 6) is -6.92. The van der Waals surface area contributed by atoms with Crippen LogP contribution in [0.15, 0.2) is 39.3 Å². The van der Waals surface area contributed by atoms with Crippen molar-refractivity contribution in [2.45, 2.75) is 28.3 Å². The summed E-state index contributed by atoms with van der Waals surface area (Å²) in [6.07, 6.45) is 0.136. The average Bonchev–Trinajstić information content (AvgIpc) is 3.58. The molecule has 2 fully saturated rings. The first-order valence-corrected chi connectivity index (χ1v) is 16.6. The van der Waals surface area contributed by atoms with Crippen LogP contribution in [0, 0.1) is 0 Å². The van der Waals surface area contributed by atoms with E-state index in [9.17, 15) is 48.9 Å². The molecule has 0 aliphatic carbocycles. The van der Waals surface area contributed by atoms with Gasteiger partial charge in [0.05, 0.1) is 11.7 Å². The number of likely N-dealkylation sites (N-methyl/N-ethyl adjacent to an activating group) is 1. The SMILES string of the molecule is CCN1CCN(C(=O)NC(C(=O)N[C@]2(NC=O)C(=O)N3C(C(=O)[O-])=C(CSc4nncs4)CS[C@@H]32)c2ccc(O)c(O)c2)C(=O)C1=O.[Na+]. The number of nitrogens with one attached hydrogen (secondary N) is 3. The van der Waals surface area contributed by atoms with E-state index in [0.29, 0.717) is 14.8 Å². The van der Waals surface area contributed by atoms with E-state index in [0.717, 1.165) is 28.8 Å². The Bertz CT molecular complexity index is 1700. The maximum atomic E-state index is 13.9. The number of benzene rings is 1. The molecule has 48 heavy (non-hydrogen) atoms. The fourth-order valence-corrected chi connectivity index (χ4v) is 8.18. The summed E-state index contributed by atoms with van der Waals surface area (Å²) in [7, 11) is 0. The van der Waals surface area contributed by atoms with Gasteiger partial charge in [0.15, 0.2) is 15.8 Å². The van der Waals surface area contributed by atoms with Gasteiger partial charge in [-0.1, -0.05) is 29.2 Å². The molecule has 3 atom stereocenters. The van der Waals surface area contributed by atoms with Crippen LogP contribution in [0.5, 0.6) is 11.5 Å². The average molecular weight is 729 g/mol. The number of amides is 7. The number of aliphatic carboxylic acids is 1.